The first-order valence-corrected chi connectivity index (χ1v) is 7.92. The van der Waals surface area contributed by atoms with Crippen LogP contribution in [-0.2, 0) is 19.5 Å². The van der Waals surface area contributed by atoms with Gasteiger partial charge in [-0.1, -0.05) is 30.3 Å². The molecule has 0 aliphatic carbocycles. The molecule has 1 N–H and O–H groups in total. The largest absolute Gasteiger partial charge is 0.362 e. The quantitative estimate of drug-likeness (QED) is 0.757. The Balaban J connectivity index is 1.66. The predicted molar refractivity (Wildman–Crippen MR) is 93.4 cm³/mol. The molecule has 0 spiro atoms. The molecule has 5 nitrogen and oxygen atoms in total. The van der Waals surface area contributed by atoms with E-state index in [9.17, 15) is 5.26 Å². The Labute approximate surface area is 141 Å². The van der Waals surface area contributed by atoms with Crippen LogP contribution in [0.4, 0.5) is 5.82 Å². The van der Waals surface area contributed by atoms with Crippen LogP contribution in [0.15, 0.2) is 54.9 Å². The van der Waals surface area contributed by atoms with Gasteiger partial charge in [0.15, 0.2) is 0 Å². The second-order valence-electron chi connectivity index (χ2n) is 5.59. The third-order valence-electron chi connectivity index (χ3n) is 3.85. The average Bonchev–Trinajstić information content (AvgIpc) is 3.06. The minimum Gasteiger partial charge on any atom is -0.362 e. The van der Waals surface area contributed by atoms with E-state index in [1.54, 1.807) is 12.3 Å². The molecule has 0 amide bonds. The lowest BCUT2D eigenvalue weighted by atomic mass is 10.1. The summed E-state index contributed by atoms with van der Waals surface area (Å²) in [6, 6.07) is 16.2. The van der Waals surface area contributed by atoms with Crippen molar-refractivity contribution in [2.75, 3.05) is 5.32 Å². The van der Waals surface area contributed by atoms with Crippen molar-refractivity contribution in [1.82, 2.24) is 14.5 Å². The molecule has 5 heteroatoms. The number of nitrogens with one attached hydrogen (secondary N) is 1. The van der Waals surface area contributed by atoms with Crippen LogP contribution in [0, 0.1) is 18.3 Å². The SMILES string of the molecule is Cc1ccc(C#N)c(NCc2nccn2CCc2ccccc2)n1. The van der Waals surface area contributed by atoms with Crippen LogP contribution in [0.1, 0.15) is 22.6 Å². The van der Waals surface area contributed by atoms with E-state index in [1.165, 1.54) is 5.56 Å². The molecule has 24 heavy (non-hydrogen) atoms. The maximum absolute atomic E-state index is 9.18. The van der Waals surface area contributed by atoms with Crippen LogP contribution < -0.4 is 5.32 Å². The minimum absolute atomic E-state index is 0.535. The van der Waals surface area contributed by atoms with Crippen molar-refractivity contribution in [3.63, 3.8) is 0 Å². The zero-order valence-electron chi connectivity index (χ0n) is 13.6. The maximum Gasteiger partial charge on any atom is 0.144 e. The molecule has 0 radical (unpaired) electrons. The highest BCUT2D eigenvalue weighted by atomic mass is 15.1. The first-order valence-electron chi connectivity index (χ1n) is 7.92. The molecule has 0 aliphatic rings. The predicted octanol–water partition coefficient (Wildman–Crippen LogP) is 3.31. The molecule has 1 aromatic carbocycles. The Hall–Kier alpha value is -3.13. The summed E-state index contributed by atoms with van der Waals surface area (Å²) in [5.41, 5.74) is 2.73. The second-order valence-corrected chi connectivity index (χ2v) is 5.59. The topological polar surface area (TPSA) is 66.5 Å². The van der Waals surface area contributed by atoms with Crippen LogP contribution in [0.25, 0.3) is 0 Å². The molecule has 0 saturated carbocycles. The van der Waals surface area contributed by atoms with E-state index in [0.717, 1.165) is 24.5 Å². The van der Waals surface area contributed by atoms with Crippen molar-refractivity contribution in [2.24, 2.45) is 0 Å². The number of imidazole rings is 1. The third-order valence-corrected chi connectivity index (χ3v) is 3.85. The molecule has 3 aromatic rings. The summed E-state index contributed by atoms with van der Waals surface area (Å²) < 4.78 is 2.13. The number of aryl methyl sites for hydroxylation is 3. The lowest BCUT2D eigenvalue weighted by Gasteiger charge is -2.10. The molecule has 0 atom stereocenters. The van der Waals surface area contributed by atoms with Crippen molar-refractivity contribution < 1.29 is 0 Å². The van der Waals surface area contributed by atoms with Gasteiger partial charge in [0.2, 0.25) is 0 Å². The highest BCUT2D eigenvalue weighted by Gasteiger charge is 2.07. The highest BCUT2D eigenvalue weighted by molar-refractivity contribution is 5.52. The summed E-state index contributed by atoms with van der Waals surface area (Å²) >= 11 is 0. The number of rotatable bonds is 6. The summed E-state index contributed by atoms with van der Waals surface area (Å²) in [5.74, 6) is 1.54. The lowest BCUT2D eigenvalue weighted by molar-refractivity contribution is 0.657. The van der Waals surface area contributed by atoms with E-state index < -0.39 is 0 Å². The summed E-state index contributed by atoms with van der Waals surface area (Å²) in [7, 11) is 0. The van der Waals surface area contributed by atoms with Gasteiger partial charge in [0.25, 0.3) is 0 Å². The van der Waals surface area contributed by atoms with Crippen LogP contribution in [0.2, 0.25) is 0 Å². The number of pyridine rings is 1. The summed E-state index contributed by atoms with van der Waals surface area (Å²) in [6.07, 6.45) is 4.74. The maximum atomic E-state index is 9.18. The van der Waals surface area contributed by atoms with Crippen LogP contribution in [0.3, 0.4) is 0 Å². The van der Waals surface area contributed by atoms with E-state index in [1.807, 2.05) is 25.3 Å². The van der Waals surface area contributed by atoms with Gasteiger partial charge in [0.1, 0.15) is 17.7 Å². The van der Waals surface area contributed by atoms with E-state index in [2.05, 4.69) is 50.2 Å². The fraction of sp³-hybridized carbons (Fsp3) is 0.211. The van der Waals surface area contributed by atoms with Gasteiger partial charge in [0, 0.05) is 24.6 Å². The monoisotopic (exact) mass is 317 g/mol. The Morgan fingerprint density at radius 3 is 2.79 bits per heavy atom. The minimum atomic E-state index is 0.535. The standard InChI is InChI=1S/C19H19N5/c1-15-7-8-17(13-20)19(23-15)22-14-18-21-10-12-24(18)11-9-16-5-3-2-4-6-16/h2-8,10,12H,9,11,14H2,1H3,(H,22,23). The third kappa shape index (κ3) is 3.79. The molecule has 120 valence electrons. The van der Waals surface area contributed by atoms with E-state index in [-0.39, 0.29) is 0 Å². The van der Waals surface area contributed by atoms with E-state index >= 15 is 0 Å². The molecular formula is C19H19N5. The van der Waals surface area contributed by atoms with Crippen molar-refractivity contribution in [3.05, 3.63) is 77.5 Å². The van der Waals surface area contributed by atoms with Gasteiger partial charge in [0.05, 0.1) is 12.1 Å². The number of hydrogen-bond acceptors (Lipinski definition) is 4. The smallest absolute Gasteiger partial charge is 0.144 e. The molecule has 0 fully saturated rings. The first-order chi connectivity index (χ1) is 11.8. The first kappa shape index (κ1) is 15.8. The number of aromatic nitrogens is 3. The van der Waals surface area contributed by atoms with Gasteiger partial charge in [-0.05, 0) is 31.0 Å². The molecular weight excluding hydrogens is 298 g/mol. The number of nitrogens with zero attached hydrogens (tertiary/aromatic N) is 4. The molecule has 3 rings (SSSR count). The van der Waals surface area contributed by atoms with E-state index in [0.29, 0.717) is 17.9 Å². The Bertz CT molecular complexity index is 846. The summed E-state index contributed by atoms with van der Waals surface area (Å²) in [5, 5.41) is 12.4. The number of nitriles is 1. The van der Waals surface area contributed by atoms with Gasteiger partial charge in [-0.3, -0.25) is 0 Å². The van der Waals surface area contributed by atoms with Gasteiger partial charge >= 0.3 is 0 Å². The van der Waals surface area contributed by atoms with Crippen molar-refractivity contribution in [3.8, 4) is 6.07 Å². The van der Waals surface area contributed by atoms with Crippen LogP contribution in [-0.4, -0.2) is 14.5 Å². The average molecular weight is 317 g/mol. The second kappa shape index (κ2) is 7.42. The molecule has 2 heterocycles. The zero-order valence-corrected chi connectivity index (χ0v) is 13.6. The number of benzene rings is 1. The summed E-state index contributed by atoms with van der Waals surface area (Å²) in [4.78, 5) is 8.81. The van der Waals surface area contributed by atoms with Crippen molar-refractivity contribution in [1.29, 1.82) is 5.26 Å². The number of anilines is 1. The molecule has 0 unspecified atom stereocenters. The summed E-state index contributed by atoms with van der Waals surface area (Å²) in [6.45, 7) is 3.31. The van der Waals surface area contributed by atoms with Gasteiger partial charge in [-0.15, -0.1) is 0 Å². The van der Waals surface area contributed by atoms with Crippen LogP contribution >= 0.6 is 0 Å². The van der Waals surface area contributed by atoms with Gasteiger partial charge in [-0.2, -0.15) is 5.26 Å². The van der Waals surface area contributed by atoms with Crippen LogP contribution in [0.5, 0.6) is 0 Å². The molecule has 0 bridgehead atoms. The van der Waals surface area contributed by atoms with Crippen molar-refractivity contribution in [2.45, 2.75) is 26.4 Å². The fourth-order valence-electron chi connectivity index (χ4n) is 2.55. The highest BCUT2D eigenvalue weighted by Crippen LogP contribution is 2.13. The fourth-order valence-corrected chi connectivity index (χ4v) is 2.55. The Morgan fingerprint density at radius 1 is 1.17 bits per heavy atom. The van der Waals surface area contributed by atoms with Crippen molar-refractivity contribution >= 4 is 5.82 Å². The zero-order chi connectivity index (χ0) is 16.8. The Kier molecular flexibility index (Phi) is 4.87. The molecule has 0 aliphatic heterocycles. The number of hydrogen-bond donors (Lipinski definition) is 1. The lowest BCUT2D eigenvalue weighted by Crippen LogP contribution is -2.11. The molecule has 2 aromatic heterocycles. The van der Waals surface area contributed by atoms with Gasteiger partial charge < -0.3 is 9.88 Å². The van der Waals surface area contributed by atoms with E-state index in [4.69, 9.17) is 0 Å². The van der Waals surface area contributed by atoms with Gasteiger partial charge in [-0.25, -0.2) is 9.97 Å². The Morgan fingerprint density at radius 2 is 2.00 bits per heavy atom. The normalized spacial score (nSPS) is 10.3. The molecule has 0 saturated heterocycles.